The summed E-state index contributed by atoms with van der Waals surface area (Å²) in [4.78, 5) is 20.1. The highest BCUT2D eigenvalue weighted by Gasteiger charge is 2.22. The first kappa shape index (κ1) is 18.6. The fourth-order valence-corrected chi connectivity index (χ4v) is 3.24. The molecule has 0 unspecified atom stereocenters. The molecule has 4 rings (SSSR count). The Bertz CT molecular complexity index is 1250. The Morgan fingerprint density at radius 3 is 2.48 bits per heavy atom. The number of methoxy groups -OCH3 is 1. The Morgan fingerprint density at radius 1 is 1.14 bits per heavy atom. The molecule has 0 aliphatic rings. The van der Waals surface area contributed by atoms with Crippen LogP contribution in [-0.4, -0.2) is 26.8 Å². The van der Waals surface area contributed by atoms with Crippen LogP contribution in [0.3, 0.4) is 0 Å². The molecule has 0 spiro atoms. The van der Waals surface area contributed by atoms with Crippen LogP contribution >= 0.6 is 0 Å². The first-order chi connectivity index (χ1) is 13.9. The highest BCUT2D eigenvalue weighted by atomic mass is 16.5. The van der Waals surface area contributed by atoms with E-state index >= 15 is 0 Å². The molecule has 4 aromatic rings. The summed E-state index contributed by atoms with van der Waals surface area (Å²) >= 11 is 0. The number of nitrogens with zero attached hydrogens (tertiary/aromatic N) is 2. The lowest BCUT2D eigenvalue weighted by molar-refractivity contribution is 0.415. The number of ether oxygens (including phenoxy) is 1. The lowest BCUT2D eigenvalue weighted by Gasteiger charge is -2.06. The Balaban J connectivity index is 1.98. The molecule has 3 aromatic heterocycles. The second-order valence-electron chi connectivity index (χ2n) is 6.86. The van der Waals surface area contributed by atoms with Crippen molar-refractivity contribution in [2.75, 3.05) is 7.11 Å². The molecule has 7 nitrogen and oxygen atoms in total. The van der Waals surface area contributed by atoms with Gasteiger partial charge in [0.2, 0.25) is 11.2 Å². The maximum Gasteiger partial charge on any atom is 0.227 e. The third kappa shape index (κ3) is 3.20. The smallest absolute Gasteiger partial charge is 0.227 e. The van der Waals surface area contributed by atoms with Gasteiger partial charge in [-0.25, -0.2) is 4.98 Å². The number of benzene rings is 1. The van der Waals surface area contributed by atoms with Crippen molar-refractivity contribution in [2.45, 2.75) is 13.8 Å². The summed E-state index contributed by atoms with van der Waals surface area (Å²) in [6.07, 6.45) is 0. The lowest BCUT2D eigenvalue weighted by Crippen LogP contribution is -2.01. The Morgan fingerprint density at radius 2 is 1.86 bits per heavy atom. The number of imidazole rings is 1. The molecule has 2 N–H and O–H groups in total. The molecule has 0 amide bonds. The van der Waals surface area contributed by atoms with Crippen LogP contribution in [0.25, 0.3) is 34.2 Å². The second kappa shape index (κ2) is 7.01. The van der Waals surface area contributed by atoms with E-state index in [9.17, 15) is 9.90 Å². The van der Waals surface area contributed by atoms with E-state index in [2.05, 4.69) is 4.98 Å². The number of aromatic hydroxyl groups is 1. The molecule has 0 radical (unpaired) electrons. The van der Waals surface area contributed by atoms with Crippen LogP contribution in [0.1, 0.15) is 11.5 Å². The van der Waals surface area contributed by atoms with Crippen LogP contribution in [0, 0.1) is 13.8 Å². The van der Waals surface area contributed by atoms with E-state index in [1.54, 1.807) is 14.0 Å². The summed E-state index contributed by atoms with van der Waals surface area (Å²) in [5.74, 6) is 1.32. The van der Waals surface area contributed by atoms with Crippen molar-refractivity contribution in [1.82, 2.24) is 14.5 Å². The maximum atomic E-state index is 12.1. The van der Waals surface area contributed by atoms with Gasteiger partial charge in [-0.3, -0.25) is 4.79 Å². The van der Waals surface area contributed by atoms with Crippen LogP contribution in [0.15, 0.2) is 51.7 Å². The summed E-state index contributed by atoms with van der Waals surface area (Å²) < 4.78 is 13.0. The fourth-order valence-electron chi connectivity index (χ4n) is 3.24. The molecule has 148 valence electrons. The van der Waals surface area contributed by atoms with Crippen molar-refractivity contribution in [3.05, 3.63) is 64.1 Å². The van der Waals surface area contributed by atoms with Crippen LogP contribution in [-0.2, 0) is 7.05 Å². The molecule has 0 fully saturated rings. The highest BCUT2D eigenvalue weighted by Crippen LogP contribution is 2.37. The standard InChI is InChI=1S/C22H21N3O4/c1-12-5-10-16(25(12)3)22-23-18(14-6-8-15(28-4)9-7-14)19(24-22)21-20(27)17(26)11-13(2)29-21/h5-11,27H,1-4H3,(H,23,24). The lowest BCUT2D eigenvalue weighted by atomic mass is 10.1. The minimum atomic E-state index is -0.504. The molecule has 3 heterocycles. The molecule has 0 aliphatic heterocycles. The molecule has 7 heteroatoms. The van der Waals surface area contributed by atoms with Gasteiger partial charge in [-0.05, 0) is 50.2 Å². The largest absolute Gasteiger partial charge is 0.501 e. The molecular weight excluding hydrogens is 370 g/mol. The molecule has 0 atom stereocenters. The number of hydrogen-bond acceptors (Lipinski definition) is 5. The zero-order valence-electron chi connectivity index (χ0n) is 16.6. The van der Waals surface area contributed by atoms with E-state index in [0.717, 1.165) is 17.0 Å². The Kier molecular flexibility index (Phi) is 4.50. The monoisotopic (exact) mass is 391 g/mol. The van der Waals surface area contributed by atoms with E-state index in [-0.39, 0.29) is 5.76 Å². The van der Waals surface area contributed by atoms with Gasteiger partial charge in [0.1, 0.15) is 22.9 Å². The van der Waals surface area contributed by atoms with Crippen LogP contribution in [0.5, 0.6) is 11.5 Å². The summed E-state index contributed by atoms with van der Waals surface area (Å²) in [6, 6.07) is 12.6. The van der Waals surface area contributed by atoms with Crippen molar-refractivity contribution in [2.24, 2.45) is 7.05 Å². The maximum absolute atomic E-state index is 12.1. The van der Waals surface area contributed by atoms with Gasteiger partial charge < -0.3 is 23.8 Å². The predicted molar refractivity (Wildman–Crippen MR) is 110 cm³/mol. The molecule has 0 bridgehead atoms. The third-order valence-corrected chi connectivity index (χ3v) is 4.96. The van der Waals surface area contributed by atoms with Gasteiger partial charge in [-0.2, -0.15) is 0 Å². The quantitative estimate of drug-likeness (QED) is 0.548. The van der Waals surface area contributed by atoms with Gasteiger partial charge in [-0.15, -0.1) is 0 Å². The van der Waals surface area contributed by atoms with Gasteiger partial charge in [0.25, 0.3) is 0 Å². The first-order valence-electron chi connectivity index (χ1n) is 9.10. The van der Waals surface area contributed by atoms with Crippen molar-refractivity contribution < 1.29 is 14.3 Å². The number of aromatic nitrogens is 3. The van der Waals surface area contributed by atoms with Gasteiger partial charge in [0, 0.05) is 24.4 Å². The topological polar surface area (TPSA) is 93.3 Å². The van der Waals surface area contributed by atoms with Crippen molar-refractivity contribution >= 4 is 0 Å². The minimum Gasteiger partial charge on any atom is -0.501 e. The normalized spacial score (nSPS) is 11.0. The van der Waals surface area contributed by atoms with Crippen LogP contribution in [0.4, 0.5) is 0 Å². The van der Waals surface area contributed by atoms with E-state index in [4.69, 9.17) is 14.1 Å². The number of H-pyrrole nitrogens is 1. The van der Waals surface area contributed by atoms with Gasteiger partial charge in [0.15, 0.2) is 11.6 Å². The SMILES string of the molecule is COc1ccc(-c2nc(-c3ccc(C)n3C)[nH]c2-c2oc(C)cc(=O)c2O)cc1. The van der Waals surface area contributed by atoms with E-state index in [1.165, 1.54) is 6.07 Å². The van der Waals surface area contributed by atoms with E-state index < -0.39 is 11.2 Å². The number of rotatable bonds is 4. The van der Waals surface area contributed by atoms with E-state index in [0.29, 0.717) is 28.7 Å². The fraction of sp³-hybridized carbons (Fsp3) is 0.182. The molecule has 0 saturated heterocycles. The number of aromatic amines is 1. The third-order valence-electron chi connectivity index (χ3n) is 4.96. The summed E-state index contributed by atoms with van der Waals surface area (Å²) in [6.45, 7) is 3.67. The molecule has 29 heavy (non-hydrogen) atoms. The minimum absolute atomic E-state index is 0.0606. The second-order valence-corrected chi connectivity index (χ2v) is 6.86. The summed E-state index contributed by atoms with van der Waals surface area (Å²) in [5.41, 5.74) is 3.23. The van der Waals surface area contributed by atoms with Gasteiger partial charge >= 0.3 is 0 Å². The predicted octanol–water partition coefficient (Wildman–Crippen LogP) is 4.03. The zero-order valence-corrected chi connectivity index (χ0v) is 16.6. The van der Waals surface area contributed by atoms with Crippen molar-refractivity contribution in [1.29, 1.82) is 0 Å². The first-order valence-corrected chi connectivity index (χ1v) is 9.10. The average Bonchev–Trinajstić information content (AvgIpc) is 3.29. The number of nitrogens with one attached hydrogen (secondary N) is 1. The molecular formula is C22H21N3O4. The summed E-state index contributed by atoms with van der Waals surface area (Å²) in [5, 5.41) is 10.4. The molecule has 0 aliphatic carbocycles. The van der Waals surface area contributed by atoms with E-state index in [1.807, 2.05) is 54.9 Å². The number of aryl methyl sites for hydroxylation is 2. The van der Waals surface area contributed by atoms with Crippen LogP contribution < -0.4 is 10.2 Å². The van der Waals surface area contributed by atoms with Crippen molar-refractivity contribution in [3.63, 3.8) is 0 Å². The summed E-state index contributed by atoms with van der Waals surface area (Å²) in [7, 11) is 3.55. The van der Waals surface area contributed by atoms with Crippen molar-refractivity contribution in [3.8, 4) is 45.7 Å². The molecule has 0 saturated carbocycles. The van der Waals surface area contributed by atoms with Crippen LogP contribution in [0.2, 0.25) is 0 Å². The zero-order chi connectivity index (χ0) is 20.7. The Labute approximate surface area is 167 Å². The highest BCUT2D eigenvalue weighted by molar-refractivity contribution is 5.81. The average molecular weight is 391 g/mol. The van der Waals surface area contributed by atoms with Gasteiger partial charge in [0.05, 0.1) is 12.8 Å². The number of hydrogen-bond donors (Lipinski definition) is 2. The Hall–Kier alpha value is -3.74. The molecule has 1 aromatic carbocycles. The van der Waals surface area contributed by atoms with Gasteiger partial charge in [-0.1, -0.05) is 0 Å².